The molecule has 2 heteroatoms. The molecular formula is C14H21NO. The zero-order valence-electron chi connectivity index (χ0n) is 10.5. The van der Waals surface area contributed by atoms with Crippen LogP contribution in [0.1, 0.15) is 44.0 Å². The van der Waals surface area contributed by atoms with E-state index in [0.29, 0.717) is 0 Å². The Labute approximate surface area is 98.0 Å². The van der Waals surface area contributed by atoms with Gasteiger partial charge in [0.15, 0.2) is 0 Å². The van der Waals surface area contributed by atoms with Crippen LogP contribution in [-0.2, 0) is 19.3 Å². The highest BCUT2D eigenvalue weighted by atomic mass is 16.5. The van der Waals surface area contributed by atoms with E-state index >= 15 is 0 Å². The first kappa shape index (κ1) is 11.4. The van der Waals surface area contributed by atoms with Crippen molar-refractivity contribution in [2.75, 3.05) is 6.61 Å². The van der Waals surface area contributed by atoms with Crippen LogP contribution in [0.25, 0.3) is 0 Å². The Morgan fingerprint density at radius 3 is 2.94 bits per heavy atom. The fourth-order valence-electron chi connectivity index (χ4n) is 2.24. The van der Waals surface area contributed by atoms with Gasteiger partial charge in [-0.3, -0.25) is 4.98 Å². The van der Waals surface area contributed by atoms with Gasteiger partial charge < -0.3 is 4.74 Å². The summed E-state index contributed by atoms with van der Waals surface area (Å²) in [7, 11) is 0. The van der Waals surface area contributed by atoms with E-state index in [1.807, 2.05) is 6.20 Å². The summed E-state index contributed by atoms with van der Waals surface area (Å²) < 4.78 is 5.76. The van der Waals surface area contributed by atoms with E-state index in [0.717, 1.165) is 37.5 Å². The van der Waals surface area contributed by atoms with Crippen molar-refractivity contribution in [2.24, 2.45) is 5.92 Å². The fraction of sp³-hybridized carbons (Fsp3) is 0.643. The summed E-state index contributed by atoms with van der Waals surface area (Å²) in [6, 6.07) is 0. The first-order valence-electron chi connectivity index (χ1n) is 6.34. The lowest BCUT2D eigenvalue weighted by Gasteiger charge is -2.11. The maximum atomic E-state index is 5.76. The van der Waals surface area contributed by atoms with Gasteiger partial charge in [-0.25, -0.2) is 0 Å². The van der Waals surface area contributed by atoms with Crippen LogP contribution in [-0.4, -0.2) is 11.6 Å². The van der Waals surface area contributed by atoms with E-state index < -0.39 is 0 Å². The number of nitrogens with zero attached hydrogens (tertiary/aromatic N) is 1. The molecule has 0 fully saturated rings. The number of aryl methyl sites for hydroxylation is 2. The molecule has 16 heavy (non-hydrogen) atoms. The lowest BCUT2D eigenvalue weighted by Crippen LogP contribution is -1.99. The predicted octanol–water partition coefficient (Wildman–Crippen LogP) is 3.17. The van der Waals surface area contributed by atoms with Crippen LogP contribution in [0, 0.1) is 5.92 Å². The standard InChI is InChI=1S/C14H21NO/c1-4-13-12-7-8-16-14(12)11(9-15-13)6-5-10(2)3/h9-10H,4-8H2,1-3H3. The van der Waals surface area contributed by atoms with Gasteiger partial charge in [0.1, 0.15) is 5.75 Å². The van der Waals surface area contributed by atoms with Crippen molar-refractivity contribution >= 4 is 0 Å². The molecule has 0 saturated heterocycles. The van der Waals surface area contributed by atoms with Crippen LogP contribution < -0.4 is 4.74 Å². The molecule has 88 valence electrons. The number of rotatable bonds is 4. The number of pyridine rings is 1. The molecule has 0 radical (unpaired) electrons. The SMILES string of the molecule is CCc1ncc(CCC(C)C)c2c1CCO2. The Balaban J connectivity index is 2.24. The minimum absolute atomic E-state index is 0.739. The molecule has 0 saturated carbocycles. The van der Waals surface area contributed by atoms with Gasteiger partial charge in [-0.1, -0.05) is 20.8 Å². The molecule has 1 aliphatic heterocycles. The molecule has 1 aliphatic rings. The molecular weight excluding hydrogens is 198 g/mol. The van der Waals surface area contributed by atoms with Crippen LogP contribution >= 0.6 is 0 Å². The monoisotopic (exact) mass is 219 g/mol. The van der Waals surface area contributed by atoms with Crippen molar-refractivity contribution in [1.82, 2.24) is 4.98 Å². The second-order valence-electron chi connectivity index (χ2n) is 4.92. The molecule has 2 heterocycles. The molecule has 0 amide bonds. The third-order valence-corrected chi connectivity index (χ3v) is 3.21. The molecule has 0 spiro atoms. The lowest BCUT2D eigenvalue weighted by atomic mass is 10.00. The number of aromatic nitrogens is 1. The fourth-order valence-corrected chi connectivity index (χ4v) is 2.24. The summed E-state index contributed by atoms with van der Waals surface area (Å²) in [6.07, 6.45) is 6.38. The first-order chi connectivity index (χ1) is 7.72. The van der Waals surface area contributed by atoms with Crippen molar-refractivity contribution < 1.29 is 4.74 Å². The van der Waals surface area contributed by atoms with Crippen LogP contribution in [0.5, 0.6) is 5.75 Å². The van der Waals surface area contributed by atoms with Gasteiger partial charge in [0.2, 0.25) is 0 Å². The third-order valence-electron chi connectivity index (χ3n) is 3.21. The van der Waals surface area contributed by atoms with Gasteiger partial charge in [0, 0.05) is 29.4 Å². The van der Waals surface area contributed by atoms with E-state index in [1.165, 1.54) is 23.2 Å². The maximum absolute atomic E-state index is 5.76. The van der Waals surface area contributed by atoms with Gasteiger partial charge in [-0.15, -0.1) is 0 Å². The minimum Gasteiger partial charge on any atom is -0.493 e. The van der Waals surface area contributed by atoms with Crippen molar-refractivity contribution in [2.45, 2.75) is 46.5 Å². The molecule has 2 nitrogen and oxygen atoms in total. The third kappa shape index (κ3) is 2.21. The first-order valence-corrected chi connectivity index (χ1v) is 6.34. The minimum atomic E-state index is 0.739. The highest BCUT2D eigenvalue weighted by molar-refractivity contribution is 5.45. The molecule has 0 N–H and O–H groups in total. The van der Waals surface area contributed by atoms with Crippen molar-refractivity contribution in [3.63, 3.8) is 0 Å². The van der Waals surface area contributed by atoms with Crippen molar-refractivity contribution in [3.8, 4) is 5.75 Å². The zero-order valence-corrected chi connectivity index (χ0v) is 10.5. The summed E-state index contributed by atoms with van der Waals surface area (Å²) in [5, 5.41) is 0. The number of fused-ring (bicyclic) bond motifs is 1. The lowest BCUT2D eigenvalue weighted by molar-refractivity contribution is 0.352. The summed E-state index contributed by atoms with van der Waals surface area (Å²) in [4.78, 5) is 4.57. The predicted molar refractivity (Wildman–Crippen MR) is 66.0 cm³/mol. The van der Waals surface area contributed by atoms with Crippen molar-refractivity contribution in [1.29, 1.82) is 0 Å². The topological polar surface area (TPSA) is 22.1 Å². The average molecular weight is 219 g/mol. The normalized spacial score (nSPS) is 14.0. The Hall–Kier alpha value is -1.05. The van der Waals surface area contributed by atoms with E-state index in [-0.39, 0.29) is 0 Å². The van der Waals surface area contributed by atoms with E-state index in [9.17, 15) is 0 Å². The Bertz CT molecular complexity index is 371. The summed E-state index contributed by atoms with van der Waals surface area (Å²) in [6.45, 7) is 7.52. The van der Waals surface area contributed by atoms with Crippen LogP contribution in [0.15, 0.2) is 6.20 Å². The Kier molecular flexibility index (Phi) is 3.47. The van der Waals surface area contributed by atoms with Crippen LogP contribution in [0.2, 0.25) is 0 Å². The Morgan fingerprint density at radius 1 is 1.44 bits per heavy atom. The second kappa shape index (κ2) is 4.86. The van der Waals surface area contributed by atoms with E-state index in [2.05, 4.69) is 25.8 Å². The molecule has 0 atom stereocenters. The maximum Gasteiger partial charge on any atom is 0.129 e. The number of hydrogen-bond acceptors (Lipinski definition) is 2. The van der Waals surface area contributed by atoms with E-state index in [1.54, 1.807) is 0 Å². The highest BCUT2D eigenvalue weighted by Crippen LogP contribution is 2.32. The van der Waals surface area contributed by atoms with Crippen LogP contribution in [0.4, 0.5) is 0 Å². The van der Waals surface area contributed by atoms with Gasteiger partial charge >= 0.3 is 0 Å². The summed E-state index contributed by atoms with van der Waals surface area (Å²) in [5.74, 6) is 1.88. The summed E-state index contributed by atoms with van der Waals surface area (Å²) >= 11 is 0. The molecule has 2 rings (SSSR count). The molecule has 0 unspecified atom stereocenters. The molecule has 1 aromatic heterocycles. The second-order valence-corrected chi connectivity index (χ2v) is 4.92. The quantitative estimate of drug-likeness (QED) is 0.776. The van der Waals surface area contributed by atoms with Crippen molar-refractivity contribution in [3.05, 3.63) is 23.0 Å². The zero-order chi connectivity index (χ0) is 11.5. The van der Waals surface area contributed by atoms with Gasteiger partial charge in [0.25, 0.3) is 0 Å². The molecule has 0 bridgehead atoms. The highest BCUT2D eigenvalue weighted by Gasteiger charge is 2.20. The number of ether oxygens (including phenoxy) is 1. The Morgan fingerprint density at radius 2 is 2.25 bits per heavy atom. The smallest absolute Gasteiger partial charge is 0.129 e. The van der Waals surface area contributed by atoms with Gasteiger partial charge in [-0.05, 0) is 25.2 Å². The summed E-state index contributed by atoms with van der Waals surface area (Å²) in [5.41, 5.74) is 3.89. The molecule has 0 aliphatic carbocycles. The van der Waals surface area contributed by atoms with Gasteiger partial charge in [0.05, 0.1) is 6.61 Å². The molecule has 0 aromatic carbocycles. The largest absolute Gasteiger partial charge is 0.493 e. The van der Waals surface area contributed by atoms with Gasteiger partial charge in [-0.2, -0.15) is 0 Å². The number of hydrogen-bond donors (Lipinski definition) is 0. The van der Waals surface area contributed by atoms with Crippen LogP contribution in [0.3, 0.4) is 0 Å². The molecule has 1 aromatic rings. The van der Waals surface area contributed by atoms with E-state index in [4.69, 9.17) is 4.74 Å². The average Bonchev–Trinajstić information content (AvgIpc) is 2.74.